The minimum absolute atomic E-state index is 0.0332. The van der Waals surface area contributed by atoms with E-state index in [9.17, 15) is 19.4 Å². The predicted molar refractivity (Wildman–Crippen MR) is 94.5 cm³/mol. The van der Waals surface area contributed by atoms with Crippen LogP contribution in [0.3, 0.4) is 0 Å². The van der Waals surface area contributed by atoms with Gasteiger partial charge in [0, 0.05) is 17.5 Å². The number of hydrogen-bond acceptors (Lipinski definition) is 5. The number of aliphatic carboxylic acids is 1. The zero-order chi connectivity index (χ0) is 18.7. The van der Waals surface area contributed by atoms with Gasteiger partial charge in [-0.3, -0.25) is 9.78 Å². The SMILES string of the molecule is COc1ccc2ncc(F)c(C(O)CCC3CCNCC3C(=O)O)c2c1. The Balaban J connectivity index is 1.82. The number of halogens is 1. The number of carbonyl (C=O) groups is 1. The van der Waals surface area contributed by atoms with E-state index in [-0.39, 0.29) is 11.5 Å². The number of carboxylic acids is 1. The lowest BCUT2D eigenvalue weighted by Gasteiger charge is -2.30. The molecule has 1 aliphatic rings. The van der Waals surface area contributed by atoms with Crippen LogP contribution in [0.4, 0.5) is 4.39 Å². The molecule has 0 spiro atoms. The fraction of sp³-hybridized carbons (Fsp3) is 0.474. The van der Waals surface area contributed by atoms with E-state index < -0.39 is 23.8 Å². The van der Waals surface area contributed by atoms with Gasteiger partial charge in [-0.05, 0) is 49.9 Å². The second-order valence-corrected chi connectivity index (χ2v) is 6.69. The summed E-state index contributed by atoms with van der Waals surface area (Å²) in [5.41, 5.74) is 0.765. The first-order valence-corrected chi connectivity index (χ1v) is 8.75. The summed E-state index contributed by atoms with van der Waals surface area (Å²) in [4.78, 5) is 15.5. The molecule has 140 valence electrons. The number of carboxylic acid groups (broad SMARTS) is 1. The van der Waals surface area contributed by atoms with E-state index >= 15 is 0 Å². The Morgan fingerprint density at radius 3 is 3.04 bits per heavy atom. The molecule has 3 atom stereocenters. The molecule has 7 heteroatoms. The Kier molecular flexibility index (Phi) is 5.68. The van der Waals surface area contributed by atoms with Crippen LogP contribution >= 0.6 is 0 Å². The number of fused-ring (bicyclic) bond motifs is 1. The maximum absolute atomic E-state index is 14.4. The van der Waals surface area contributed by atoms with Gasteiger partial charge in [0.05, 0.1) is 30.8 Å². The minimum atomic E-state index is -1.03. The molecule has 0 aliphatic carbocycles. The third-order valence-electron chi connectivity index (χ3n) is 5.15. The Labute approximate surface area is 151 Å². The number of ether oxygens (including phenoxy) is 1. The van der Waals surface area contributed by atoms with Gasteiger partial charge >= 0.3 is 5.97 Å². The van der Waals surface area contributed by atoms with Crippen molar-refractivity contribution in [2.75, 3.05) is 20.2 Å². The average molecular weight is 362 g/mol. The van der Waals surface area contributed by atoms with Crippen molar-refractivity contribution < 1.29 is 24.1 Å². The molecule has 1 aromatic carbocycles. The third kappa shape index (κ3) is 3.78. The monoisotopic (exact) mass is 362 g/mol. The zero-order valence-electron chi connectivity index (χ0n) is 14.6. The maximum atomic E-state index is 14.4. The van der Waals surface area contributed by atoms with Gasteiger partial charge in [0.1, 0.15) is 11.6 Å². The van der Waals surface area contributed by atoms with Gasteiger partial charge in [0.15, 0.2) is 0 Å². The highest BCUT2D eigenvalue weighted by Gasteiger charge is 2.31. The Hall–Kier alpha value is -2.25. The molecule has 6 nitrogen and oxygen atoms in total. The van der Waals surface area contributed by atoms with Crippen LogP contribution in [0.2, 0.25) is 0 Å². The molecule has 1 aromatic heterocycles. The largest absolute Gasteiger partial charge is 0.497 e. The number of nitrogens with one attached hydrogen (secondary N) is 1. The van der Waals surface area contributed by atoms with E-state index in [1.807, 2.05) is 0 Å². The fourth-order valence-corrected chi connectivity index (χ4v) is 3.70. The topological polar surface area (TPSA) is 91.7 Å². The summed E-state index contributed by atoms with van der Waals surface area (Å²) in [5.74, 6) is -1.35. The van der Waals surface area contributed by atoms with Crippen molar-refractivity contribution in [3.63, 3.8) is 0 Å². The van der Waals surface area contributed by atoms with Crippen LogP contribution in [0, 0.1) is 17.7 Å². The van der Waals surface area contributed by atoms with E-state index in [0.717, 1.165) is 19.2 Å². The van der Waals surface area contributed by atoms with Gasteiger partial charge in [0.2, 0.25) is 0 Å². The van der Waals surface area contributed by atoms with Crippen molar-refractivity contribution >= 4 is 16.9 Å². The molecular formula is C19H23FN2O4. The highest BCUT2D eigenvalue weighted by Crippen LogP contribution is 2.33. The lowest BCUT2D eigenvalue weighted by molar-refractivity contribution is -0.144. The number of nitrogens with zero attached hydrogens (tertiary/aromatic N) is 1. The molecule has 1 fully saturated rings. The number of aromatic nitrogens is 1. The average Bonchev–Trinajstić information content (AvgIpc) is 2.65. The quantitative estimate of drug-likeness (QED) is 0.731. The number of piperidine rings is 1. The Morgan fingerprint density at radius 1 is 1.50 bits per heavy atom. The van der Waals surface area contributed by atoms with Crippen LogP contribution < -0.4 is 10.1 Å². The molecule has 1 aliphatic heterocycles. The molecule has 0 amide bonds. The molecular weight excluding hydrogens is 339 g/mol. The number of aliphatic hydroxyl groups is 1. The van der Waals surface area contributed by atoms with Gasteiger partial charge in [-0.2, -0.15) is 0 Å². The van der Waals surface area contributed by atoms with E-state index in [0.29, 0.717) is 36.0 Å². The number of benzene rings is 1. The summed E-state index contributed by atoms with van der Waals surface area (Å²) >= 11 is 0. The summed E-state index contributed by atoms with van der Waals surface area (Å²) in [6.45, 7) is 1.19. The van der Waals surface area contributed by atoms with Crippen LogP contribution in [-0.4, -0.2) is 41.4 Å². The van der Waals surface area contributed by atoms with Crippen LogP contribution in [-0.2, 0) is 4.79 Å². The van der Waals surface area contributed by atoms with E-state index in [1.165, 1.54) is 7.11 Å². The molecule has 3 rings (SSSR count). The smallest absolute Gasteiger partial charge is 0.308 e. The van der Waals surface area contributed by atoms with Crippen molar-refractivity contribution in [1.29, 1.82) is 0 Å². The van der Waals surface area contributed by atoms with E-state index in [2.05, 4.69) is 10.3 Å². The number of hydrogen-bond donors (Lipinski definition) is 3. The summed E-state index contributed by atoms with van der Waals surface area (Å²) in [6.07, 6.45) is 1.63. The van der Waals surface area contributed by atoms with Crippen molar-refractivity contribution in [3.05, 3.63) is 35.8 Å². The molecule has 0 bridgehead atoms. The molecule has 0 saturated carbocycles. The molecule has 2 heterocycles. The van der Waals surface area contributed by atoms with Crippen molar-refractivity contribution in [2.24, 2.45) is 11.8 Å². The predicted octanol–water partition coefficient (Wildman–Crippen LogP) is 2.51. The minimum Gasteiger partial charge on any atom is -0.497 e. The van der Waals surface area contributed by atoms with Gasteiger partial charge in [-0.15, -0.1) is 0 Å². The van der Waals surface area contributed by atoms with E-state index in [1.54, 1.807) is 18.2 Å². The van der Waals surface area contributed by atoms with Crippen molar-refractivity contribution in [2.45, 2.75) is 25.4 Å². The van der Waals surface area contributed by atoms with Gasteiger partial charge in [-0.1, -0.05) is 0 Å². The zero-order valence-corrected chi connectivity index (χ0v) is 14.6. The first-order valence-electron chi connectivity index (χ1n) is 8.75. The van der Waals surface area contributed by atoms with Crippen LogP contribution in [0.15, 0.2) is 24.4 Å². The van der Waals surface area contributed by atoms with Gasteiger partial charge in [0.25, 0.3) is 0 Å². The first-order chi connectivity index (χ1) is 12.5. The summed E-state index contributed by atoms with van der Waals surface area (Å²) in [5, 5.41) is 23.6. The fourth-order valence-electron chi connectivity index (χ4n) is 3.70. The number of rotatable bonds is 6. The van der Waals surface area contributed by atoms with Crippen LogP contribution in [0.1, 0.15) is 30.9 Å². The Morgan fingerprint density at radius 2 is 2.31 bits per heavy atom. The van der Waals surface area contributed by atoms with Crippen molar-refractivity contribution in [3.8, 4) is 5.75 Å². The summed E-state index contributed by atoms with van der Waals surface area (Å²) in [7, 11) is 1.52. The van der Waals surface area contributed by atoms with Crippen LogP contribution in [0.5, 0.6) is 5.75 Å². The second kappa shape index (κ2) is 7.97. The highest BCUT2D eigenvalue weighted by atomic mass is 19.1. The number of methoxy groups -OCH3 is 1. The van der Waals surface area contributed by atoms with Crippen LogP contribution in [0.25, 0.3) is 10.9 Å². The molecule has 0 radical (unpaired) electrons. The normalized spacial score (nSPS) is 21.5. The lowest BCUT2D eigenvalue weighted by atomic mass is 9.82. The van der Waals surface area contributed by atoms with E-state index in [4.69, 9.17) is 4.74 Å². The number of pyridine rings is 1. The highest BCUT2D eigenvalue weighted by molar-refractivity contribution is 5.84. The molecule has 3 unspecified atom stereocenters. The maximum Gasteiger partial charge on any atom is 0.308 e. The Bertz CT molecular complexity index is 798. The van der Waals surface area contributed by atoms with Gasteiger partial charge < -0.3 is 20.3 Å². The summed E-state index contributed by atoms with van der Waals surface area (Å²) in [6, 6.07) is 5.11. The second-order valence-electron chi connectivity index (χ2n) is 6.69. The lowest BCUT2D eigenvalue weighted by Crippen LogP contribution is -2.40. The number of aliphatic hydroxyl groups excluding tert-OH is 1. The summed E-state index contributed by atoms with van der Waals surface area (Å²) < 4.78 is 19.6. The molecule has 3 N–H and O–H groups in total. The molecule has 2 aromatic rings. The third-order valence-corrected chi connectivity index (χ3v) is 5.15. The molecule has 1 saturated heterocycles. The first kappa shape index (κ1) is 18.5. The van der Waals surface area contributed by atoms with Crippen molar-refractivity contribution in [1.82, 2.24) is 10.3 Å². The molecule has 26 heavy (non-hydrogen) atoms. The van der Waals surface area contributed by atoms with Gasteiger partial charge in [-0.25, -0.2) is 4.39 Å². The standard InChI is InChI=1S/C19H23FN2O4/c1-26-12-3-4-16-13(8-12)18(15(20)10-22-16)17(23)5-2-11-6-7-21-9-14(11)19(24)25/h3-4,8,10-11,14,17,21,23H,2,5-7,9H2,1H3,(H,24,25).